The topological polar surface area (TPSA) is 82.3 Å². The van der Waals surface area contributed by atoms with Gasteiger partial charge in [-0.25, -0.2) is 4.79 Å². The van der Waals surface area contributed by atoms with Crippen LogP contribution in [0, 0.1) is 0 Å². The first-order valence-electron chi connectivity index (χ1n) is 7.42. The van der Waals surface area contributed by atoms with E-state index in [1.54, 1.807) is 13.1 Å². The fourth-order valence-corrected chi connectivity index (χ4v) is 3.18. The minimum atomic E-state index is -0.401. The Bertz CT molecular complexity index is 832. The lowest BCUT2D eigenvalue weighted by molar-refractivity contribution is 0.0757. The van der Waals surface area contributed by atoms with Crippen LogP contribution in [-0.2, 0) is 18.8 Å². The summed E-state index contributed by atoms with van der Waals surface area (Å²) in [6.45, 7) is 5.00. The van der Waals surface area contributed by atoms with E-state index in [2.05, 4.69) is 5.32 Å². The second-order valence-electron chi connectivity index (χ2n) is 5.56. The number of carbonyl (C=O) groups is 1. The van der Waals surface area contributed by atoms with Crippen LogP contribution in [-0.4, -0.2) is 34.3 Å². The van der Waals surface area contributed by atoms with Crippen LogP contribution in [0.15, 0.2) is 15.7 Å². The highest BCUT2D eigenvalue weighted by Crippen LogP contribution is 2.21. The van der Waals surface area contributed by atoms with Gasteiger partial charge in [0, 0.05) is 27.2 Å². The summed E-state index contributed by atoms with van der Waals surface area (Å²) >= 11 is 1.14. The molecule has 0 aliphatic carbocycles. The van der Waals surface area contributed by atoms with Gasteiger partial charge < -0.3 is 10.1 Å². The number of aryl methyl sites for hydroxylation is 1. The average Bonchev–Trinajstić information content (AvgIpc) is 2.95. The molecular formula is C15H21N3O4S. The van der Waals surface area contributed by atoms with Gasteiger partial charge in [-0.05, 0) is 26.3 Å². The summed E-state index contributed by atoms with van der Waals surface area (Å²) in [6, 6.07) is 1.54. The van der Waals surface area contributed by atoms with Crippen molar-refractivity contribution in [1.29, 1.82) is 0 Å². The van der Waals surface area contributed by atoms with Crippen LogP contribution >= 0.6 is 11.3 Å². The molecule has 0 aliphatic heterocycles. The SMILES string of the molecule is CC(C)OCCCNC(=O)c1cc2c(=O)n(C)c(=O)n(C)c2s1. The highest BCUT2D eigenvalue weighted by atomic mass is 32.1. The predicted molar refractivity (Wildman–Crippen MR) is 90.3 cm³/mol. The summed E-state index contributed by atoms with van der Waals surface area (Å²) in [4.78, 5) is 37.1. The van der Waals surface area contributed by atoms with E-state index in [-0.39, 0.29) is 17.6 Å². The first-order chi connectivity index (χ1) is 10.8. The third-order valence-corrected chi connectivity index (χ3v) is 4.62. The van der Waals surface area contributed by atoms with E-state index in [9.17, 15) is 14.4 Å². The van der Waals surface area contributed by atoms with Gasteiger partial charge in [-0.3, -0.25) is 18.7 Å². The Morgan fingerprint density at radius 3 is 2.65 bits per heavy atom. The summed E-state index contributed by atoms with van der Waals surface area (Å²) in [6.07, 6.45) is 0.889. The smallest absolute Gasteiger partial charge is 0.331 e. The summed E-state index contributed by atoms with van der Waals surface area (Å²) in [5.74, 6) is -0.245. The van der Waals surface area contributed by atoms with Crippen molar-refractivity contribution in [2.75, 3.05) is 13.2 Å². The minimum Gasteiger partial charge on any atom is -0.379 e. The molecular weight excluding hydrogens is 318 g/mol. The van der Waals surface area contributed by atoms with Gasteiger partial charge in [0.25, 0.3) is 11.5 Å². The lowest BCUT2D eigenvalue weighted by atomic mass is 10.3. The predicted octanol–water partition coefficient (Wildman–Crippen LogP) is 0.844. The third-order valence-electron chi connectivity index (χ3n) is 3.41. The van der Waals surface area contributed by atoms with E-state index in [4.69, 9.17) is 4.74 Å². The van der Waals surface area contributed by atoms with Crippen LogP contribution in [0.2, 0.25) is 0 Å². The summed E-state index contributed by atoms with van der Waals surface area (Å²) in [7, 11) is 3.02. The van der Waals surface area contributed by atoms with Crippen LogP contribution in [0.25, 0.3) is 10.2 Å². The number of fused-ring (bicyclic) bond motifs is 1. The molecule has 2 aromatic rings. The van der Waals surface area contributed by atoms with Crippen molar-refractivity contribution in [2.45, 2.75) is 26.4 Å². The average molecular weight is 339 g/mol. The number of nitrogens with one attached hydrogen (secondary N) is 1. The van der Waals surface area contributed by atoms with Crippen molar-refractivity contribution in [2.24, 2.45) is 14.1 Å². The fraction of sp³-hybridized carbons (Fsp3) is 0.533. The van der Waals surface area contributed by atoms with E-state index in [0.717, 1.165) is 22.3 Å². The van der Waals surface area contributed by atoms with Crippen LogP contribution in [0.1, 0.15) is 29.9 Å². The van der Waals surface area contributed by atoms with Crippen molar-refractivity contribution in [1.82, 2.24) is 14.5 Å². The molecule has 2 rings (SSSR count). The van der Waals surface area contributed by atoms with Crippen molar-refractivity contribution in [3.8, 4) is 0 Å². The van der Waals surface area contributed by atoms with E-state index in [1.807, 2.05) is 13.8 Å². The standard InChI is InChI=1S/C15H21N3O4S/c1-9(2)22-7-5-6-16-12(19)11-8-10-13(20)17(3)15(21)18(4)14(10)23-11/h8-9H,5-7H2,1-4H3,(H,16,19). The van der Waals surface area contributed by atoms with Crippen molar-refractivity contribution < 1.29 is 9.53 Å². The largest absolute Gasteiger partial charge is 0.379 e. The number of amides is 1. The Hall–Kier alpha value is -1.93. The lowest BCUT2D eigenvalue weighted by Gasteiger charge is -2.07. The Kier molecular flexibility index (Phi) is 5.38. The molecule has 0 aliphatic rings. The Labute approximate surface area is 137 Å². The van der Waals surface area contributed by atoms with Gasteiger partial charge in [0.15, 0.2) is 0 Å². The number of nitrogens with zero attached hydrogens (tertiary/aromatic N) is 2. The molecule has 23 heavy (non-hydrogen) atoms. The molecule has 0 saturated carbocycles. The summed E-state index contributed by atoms with van der Waals surface area (Å²) in [5.41, 5.74) is -0.786. The second-order valence-corrected chi connectivity index (χ2v) is 6.59. The second kappa shape index (κ2) is 7.10. The maximum Gasteiger partial charge on any atom is 0.331 e. The van der Waals surface area contributed by atoms with Gasteiger partial charge in [0.05, 0.1) is 16.4 Å². The third kappa shape index (κ3) is 3.70. The highest BCUT2D eigenvalue weighted by Gasteiger charge is 2.16. The molecule has 0 fully saturated rings. The molecule has 2 heterocycles. The molecule has 8 heteroatoms. The Balaban J connectivity index is 2.13. The molecule has 0 spiro atoms. The van der Waals surface area contributed by atoms with Crippen molar-refractivity contribution in [3.63, 3.8) is 0 Å². The van der Waals surface area contributed by atoms with Gasteiger partial charge in [-0.2, -0.15) is 0 Å². The summed E-state index contributed by atoms with van der Waals surface area (Å²) in [5, 5.41) is 3.18. The minimum absolute atomic E-state index is 0.172. The molecule has 126 valence electrons. The molecule has 0 bridgehead atoms. The zero-order valence-corrected chi connectivity index (χ0v) is 14.5. The number of hydrogen-bond donors (Lipinski definition) is 1. The molecule has 0 aromatic carbocycles. The normalized spacial score (nSPS) is 11.3. The molecule has 2 aromatic heterocycles. The van der Waals surface area contributed by atoms with Crippen LogP contribution < -0.4 is 16.6 Å². The Morgan fingerprint density at radius 2 is 2.00 bits per heavy atom. The van der Waals surface area contributed by atoms with E-state index in [1.165, 1.54) is 11.6 Å². The molecule has 0 radical (unpaired) electrons. The quantitative estimate of drug-likeness (QED) is 0.791. The first-order valence-corrected chi connectivity index (χ1v) is 8.24. The van der Waals surface area contributed by atoms with Gasteiger partial charge in [0.2, 0.25) is 0 Å². The molecule has 0 saturated heterocycles. The van der Waals surface area contributed by atoms with Crippen LogP contribution in [0.4, 0.5) is 0 Å². The highest BCUT2D eigenvalue weighted by molar-refractivity contribution is 7.20. The van der Waals surface area contributed by atoms with E-state index >= 15 is 0 Å². The van der Waals surface area contributed by atoms with Gasteiger partial charge >= 0.3 is 5.69 Å². The lowest BCUT2D eigenvalue weighted by Crippen LogP contribution is -2.36. The maximum absolute atomic E-state index is 12.2. The van der Waals surface area contributed by atoms with E-state index in [0.29, 0.717) is 28.2 Å². The maximum atomic E-state index is 12.2. The number of aromatic nitrogens is 2. The van der Waals surface area contributed by atoms with Gasteiger partial charge in [-0.15, -0.1) is 11.3 Å². The summed E-state index contributed by atoms with van der Waals surface area (Å²) < 4.78 is 7.83. The van der Waals surface area contributed by atoms with Crippen LogP contribution in [0.5, 0.6) is 0 Å². The van der Waals surface area contributed by atoms with Gasteiger partial charge in [-0.1, -0.05) is 0 Å². The van der Waals surface area contributed by atoms with Gasteiger partial charge in [0.1, 0.15) is 4.83 Å². The monoisotopic (exact) mass is 339 g/mol. The van der Waals surface area contributed by atoms with Crippen LogP contribution in [0.3, 0.4) is 0 Å². The zero-order chi connectivity index (χ0) is 17.1. The molecule has 7 nitrogen and oxygen atoms in total. The number of ether oxygens (including phenoxy) is 1. The number of thiophene rings is 1. The van der Waals surface area contributed by atoms with E-state index < -0.39 is 5.69 Å². The number of rotatable bonds is 6. The Morgan fingerprint density at radius 1 is 1.30 bits per heavy atom. The molecule has 1 amide bonds. The first kappa shape index (κ1) is 17.4. The molecule has 0 unspecified atom stereocenters. The number of hydrogen-bond acceptors (Lipinski definition) is 5. The fourth-order valence-electron chi connectivity index (χ4n) is 2.16. The number of carbonyl (C=O) groups excluding carboxylic acids is 1. The molecule has 1 N–H and O–H groups in total. The zero-order valence-electron chi connectivity index (χ0n) is 13.7. The van der Waals surface area contributed by atoms with Crippen molar-refractivity contribution in [3.05, 3.63) is 31.8 Å². The molecule has 0 atom stereocenters. The van der Waals surface area contributed by atoms with Crippen molar-refractivity contribution >= 4 is 27.5 Å².